The molecule has 1 N–H and O–H groups in total. The van der Waals surface area contributed by atoms with E-state index in [-0.39, 0.29) is 22.5 Å². The molecule has 0 spiro atoms. The summed E-state index contributed by atoms with van der Waals surface area (Å²) in [4.78, 5) is 18.1. The smallest absolute Gasteiger partial charge is 0.407 e. The lowest BCUT2D eigenvalue weighted by molar-refractivity contribution is 0.0117. The highest BCUT2D eigenvalue weighted by molar-refractivity contribution is 7.90. The van der Waals surface area contributed by atoms with Gasteiger partial charge in [-0.15, -0.1) is 0 Å². The molecule has 0 bridgehead atoms. The number of carboxylic acid groups (broad SMARTS) is 1. The maximum Gasteiger partial charge on any atom is 0.407 e. The van der Waals surface area contributed by atoms with Crippen molar-refractivity contribution in [1.82, 2.24) is 14.5 Å². The fourth-order valence-corrected chi connectivity index (χ4v) is 5.07. The van der Waals surface area contributed by atoms with E-state index in [1.54, 1.807) is 24.3 Å². The average molecular weight is 472 g/mol. The van der Waals surface area contributed by atoms with Crippen LogP contribution in [-0.4, -0.2) is 59.0 Å². The van der Waals surface area contributed by atoms with Crippen LogP contribution in [0.3, 0.4) is 0 Å². The molecule has 2 aromatic heterocycles. The summed E-state index contributed by atoms with van der Waals surface area (Å²) in [6.07, 6.45) is 3.22. The number of carbonyl (C=O) groups is 1. The summed E-state index contributed by atoms with van der Waals surface area (Å²) in [5, 5.41) is 10.4. The third-order valence-electron chi connectivity index (χ3n) is 6.13. The molecule has 0 aliphatic carbocycles. The molecule has 3 heterocycles. The van der Waals surface area contributed by atoms with Crippen LogP contribution in [0.4, 0.5) is 4.79 Å². The highest BCUT2D eigenvalue weighted by Gasteiger charge is 2.39. The summed E-state index contributed by atoms with van der Waals surface area (Å²) >= 11 is 0. The van der Waals surface area contributed by atoms with Gasteiger partial charge in [0.05, 0.1) is 10.4 Å². The van der Waals surface area contributed by atoms with Gasteiger partial charge in [0.15, 0.2) is 9.84 Å². The first-order valence-corrected chi connectivity index (χ1v) is 12.8. The van der Waals surface area contributed by atoms with Crippen LogP contribution in [0.2, 0.25) is 0 Å². The van der Waals surface area contributed by atoms with Crippen molar-refractivity contribution in [3.63, 3.8) is 0 Å². The summed E-state index contributed by atoms with van der Waals surface area (Å²) in [5.41, 5.74) is 0.638. The van der Waals surface area contributed by atoms with Crippen molar-refractivity contribution < 1.29 is 23.1 Å². The SMILES string of the molecule is CC(C)(C)C1CC(Oc2cccc(-n3ccc4cc(S(C)(=O)=O)ccc43)n2)CCN1C(=O)O. The van der Waals surface area contributed by atoms with E-state index in [2.05, 4.69) is 4.98 Å². The van der Waals surface area contributed by atoms with Gasteiger partial charge >= 0.3 is 6.09 Å². The van der Waals surface area contributed by atoms with E-state index in [4.69, 9.17) is 4.74 Å². The molecule has 2 unspecified atom stereocenters. The van der Waals surface area contributed by atoms with E-state index < -0.39 is 15.9 Å². The van der Waals surface area contributed by atoms with Gasteiger partial charge in [-0.1, -0.05) is 26.8 Å². The molecule has 0 radical (unpaired) electrons. The lowest BCUT2D eigenvalue weighted by atomic mass is 9.80. The van der Waals surface area contributed by atoms with Crippen molar-refractivity contribution in [2.75, 3.05) is 12.8 Å². The molecule has 33 heavy (non-hydrogen) atoms. The number of piperidine rings is 1. The molecular formula is C24H29N3O5S. The summed E-state index contributed by atoms with van der Waals surface area (Å²) in [6.45, 7) is 6.55. The highest BCUT2D eigenvalue weighted by Crippen LogP contribution is 2.33. The molecule has 176 valence electrons. The monoisotopic (exact) mass is 471 g/mol. The van der Waals surface area contributed by atoms with Crippen LogP contribution in [0.25, 0.3) is 16.7 Å². The number of aromatic nitrogens is 2. The Kier molecular flexibility index (Phi) is 5.86. The minimum atomic E-state index is -3.28. The minimum Gasteiger partial charge on any atom is -0.474 e. The topological polar surface area (TPSA) is 102 Å². The van der Waals surface area contributed by atoms with Crippen LogP contribution in [0.5, 0.6) is 5.88 Å². The van der Waals surface area contributed by atoms with Crippen molar-refractivity contribution in [3.05, 3.63) is 48.7 Å². The van der Waals surface area contributed by atoms with Crippen LogP contribution >= 0.6 is 0 Å². The van der Waals surface area contributed by atoms with E-state index in [0.717, 1.165) is 10.9 Å². The van der Waals surface area contributed by atoms with E-state index in [9.17, 15) is 18.3 Å². The summed E-state index contributed by atoms with van der Waals surface area (Å²) in [7, 11) is -3.28. The highest BCUT2D eigenvalue weighted by atomic mass is 32.2. The maximum atomic E-state index is 11.9. The molecular weight excluding hydrogens is 442 g/mol. The first-order valence-electron chi connectivity index (χ1n) is 10.9. The third-order valence-corrected chi connectivity index (χ3v) is 7.24. The Morgan fingerprint density at radius 2 is 1.94 bits per heavy atom. The lowest BCUT2D eigenvalue weighted by Gasteiger charge is -2.44. The number of nitrogens with zero attached hydrogens (tertiary/aromatic N) is 3. The summed E-state index contributed by atoms with van der Waals surface area (Å²) < 4.78 is 31.8. The van der Waals surface area contributed by atoms with Gasteiger partial charge in [-0.05, 0) is 35.7 Å². The van der Waals surface area contributed by atoms with Crippen molar-refractivity contribution >= 4 is 26.8 Å². The largest absolute Gasteiger partial charge is 0.474 e. The summed E-state index contributed by atoms with van der Waals surface area (Å²) in [6, 6.07) is 12.3. The molecule has 4 rings (SSSR count). The molecule has 1 aliphatic rings. The Morgan fingerprint density at radius 3 is 2.61 bits per heavy atom. The molecule has 8 nitrogen and oxygen atoms in total. The molecule has 3 aromatic rings. The second-order valence-electron chi connectivity index (χ2n) is 9.63. The minimum absolute atomic E-state index is 0.133. The number of benzene rings is 1. The lowest BCUT2D eigenvalue weighted by Crippen LogP contribution is -2.53. The quantitative estimate of drug-likeness (QED) is 0.606. The molecule has 1 fully saturated rings. The Hall–Kier alpha value is -3.07. The molecule has 2 atom stereocenters. The zero-order chi connectivity index (χ0) is 24.0. The fraction of sp³-hybridized carbons (Fsp3) is 0.417. The van der Waals surface area contributed by atoms with Crippen molar-refractivity contribution in [1.29, 1.82) is 0 Å². The van der Waals surface area contributed by atoms with E-state index in [1.165, 1.54) is 11.2 Å². The van der Waals surface area contributed by atoms with Gasteiger partial charge in [0.25, 0.3) is 0 Å². The Balaban J connectivity index is 1.57. The molecule has 1 saturated heterocycles. The van der Waals surface area contributed by atoms with Crippen LogP contribution in [0.1, 0.15) is 33.6 Å². The average Bonchev–Trinajstić information content (AvgIpc) is 3.16. The Bertz CT molecular complexity index is 1290. The van der Waals surface area contributed by atoms with Gasteiger partial charge in [0, 0.05) is 49.3 Å². The van der Waals surface area contributed by atoms with Crippen molar-refractivity contribution in [2.24, 2.45) is 5.41 Å². The van der Waals surface area contributed by atoms with Gasteiger partial charge in [0.1, 0.15) is 11.9 Å². The zero-order valence-corrected chi connectivity index (χ0v) is 20.0. The number of fused-ring (bicyclic) bond motifs is 1. The van der Waals surface area contributed by atoms with Gasteiger partial charge < -0.3 is 19.3 Å². The number of amides is 1. The molecule has 9 heteroatoms. The van der Waals surface area contributed by atoms with E-state index in [0.29, 0.717) is 31.1 Å². The predicted octanol–water partition coefficient (Wildman–Crippen LogP) is 4.36. The third kappa shape index (κ3) is 4.83. The van der Waals surface area contributed by atoms with Crippen LogP contribution in [-0.2, 0) is 9.84 Å². The molecule has 0 saturated carbocycles. The van der Waals surface area contributed by atoms with E-state index in [1.807, 2.05) is 49.7 Å². The molecule has 1 aromatic carbocycles. The number of rotatable bonds is 4. The predicted molar refractivity (Wildman–Crippen MR) is 126 cm³/mol. The normalized spacial score (nSPS) is 19.6. The Labute approximate surface area is 193 Å². The fourth-order valence-electron chi connectivity index (χ4n) is 4.42. The molecule has 1 amide bonds. The van der Waals surface area contributed by atoms with Crippen molar-refractivity contribution in [2.45, 2.75) is 50.7 Å². The second-order valence-corrected chi connectivity index (χ2v) is 11.7. The van der Waals surface area contributed by atoms with Crippen molar-refractivity contribution in [3.8, 4) is 11.7 Å². The number of sulfone groups is 1. The maximum absolute atomic E-state index is 11.9. The number of likely N-dealkylation sites (tertiary alicyclic amines) is 1. The first kappa shape index (κ1) is 23.1. The summed E-state index contributed by atoms with van der Waals surface area (Å²) in [5.74, 6) is 1.13. The van der Waals surface area contributed by atoms with Gasteiger partial charge in [-0.3, -0.25) is 0 Å². The van der Waals surface area contributed by atoms with Gasteiger partial charge in [-0.2, -0.15) is 4.98 Å². The van der Waals surface area contributed by atoms with Crippen LogP contribution in [0, 0.1) is 5.41 Å². The number of hydrogen-bond donors (Lipinski definition) is 1. The number of hydrogen-bond acceptors (Lipinski definition) is 5. The Morgan fingerprint density at radius 1 is 1.18 bits per heavy atom. The zero-order valence-electron chi connectivity index (χ0n) is 19.2. The first-order chi connectivity index (χ1) is 15.4. The standard InChI is InChI=1S/C24H29N3O5S/c1-24(2,3)20-15-17(11-13-27(20)23(28)29)32-22-7-5-6-21(25-22)26-12-10-16-14-18(33(4,30)31)8-9-19(16)26/h5-10,12,14,17,20H,11,13,15H2,1-4H3,(H,28,29). The number of pyridine rings is 1. The van der Waals surface area contributed by atoms with Gasteiger partial charge in [-0.25, -0.2) is 13.2 Å². The molecule has 1 aliphatic heterocycles. The van der Waals surface area contributed by atoms with Gasteiger partial charge in [0.2, 0.25) is 5.88 Å². The number of ether oxygens (including phenoxy) is 1. The van der Waals surface area contributed by atoms with Crippen LogP contribution in [0.15, 0.2) is 53.6 Å². The van der Waals surface area contributed by atoms with Crippen LogP contribution < -0.4 is 4.74 Å². The second kappa shape index (κ2) is 8.37. The van der Waals surface area contributed by atoms with E-state index >= 15 is 0 Å².